The number of hydrogen-bond donors (Lipinski definition) is 1. The van der Waals surface area contributed by atoms with Gasteiger partial charge in [-0.1, -0.05) is 23.7 Å². The van der Waals surface area contributed by atoms with Gasteiger partial charge in [-0.05, 0) is 42.3 Å². The zero-order valence-corrected chi connectivity index (χ0v) is 16.8. The first kappa shape index (κ1) is 20.4. The number of oxazole rings is 1. The summed E-state index contributed by atoms with van der Waals surface area (Å²) in [5.41, 5.74) is 1.24. The lowest BCUT2D eigenvalue weighted by atomic mass is 10.1. The summed E-state index contributed by atoms with van der Waals surface area (Å²) in [6, 6.07) is 14.8. The van der Waals surface area contributed by atoms with Crippen molar-refractivity contribution >= 4 is 17.5 Å². The van der Waals surface area contributed by atoms with Crippen LogP contribution in [0.1, 0.15) is 17.1 Å². The van der Waals surface area contributed by atoms with Crippen LogP contribution in [0.15, 0.2) is 46.9 Å². The molecule has 0 atom stereocenters. The molecule has 0 fully saturated rings. The van der Waals surface area contributed by atoms with E-state index in [0.29, 0.717) is 47.0 Å². The predicted octanol–water partition coefficient (Wildman–Crippen LogP) is 4.45. The van der Waals surface area contributed by atoms with Crippen LogP contribution < -0.4 is 19.5 Å². The number of benzene rings is 2. The van der Waals surface area contributed by atoms with Crippen LogP contribution in [0.5, 0.6) is 17.2 Å². The van der Waals surface area contributed by atoms with E-state index in [4.69, 9.17) is 30.2 Å². The van der Waals surface area contributed by atoms with Crippen LogP contribution in [-0.4, -0.2) is 25.7 Å². The average Bonchev–Trinajstić information content (AvgIpc) is 3.14. The van der Waals surface area contributed by atoms with Crippen molar-refractivity contribution in [1.29, 1.82) is 5.26 Å². The summed E-state index contributed by atoms with van der Waals surface area (Å²) in [7, 11) is 3.20. The Kier molecular flexibility index (Phi) is 6.82. The number of anilines is 1. The minimum atomic E-state index is 0.0897. The number of aromatic nitrogens is 1. The van der Waals surface area contributed by atoms with Crippen molar-refractivity contribution in [2.24, 2.45) is 0 Å². The molecule has 0 radical (unpaired) electrons. The molecule has 0 unspecified atom stereocenters. The highest BCUT2D eigenvalue weighted by Crippen LogP contribution is 2.28. The van der Waals surface area contributed by atoms with Gasteiger partial charge in [0.2, 0.25) is 17.5 Å². The molecular weight excluding hydrogens is 394 g/mol. The van der Waals surface area contributed by atoms with E-state index in [9.17, 15) is 5.26 Å². The minimum absolute atomic E-state index is 0.0897. The van der Waals surface area contributed by atoms with Gasteiger partial charge in [-0.3, -0.25) is 0 Å². The molecule has 8 heteroatoms. The largest absolute Gasteiger partial charge is 0.493 e. The molecule has 150 valence electrons. The van der Waals surface area contributed by atoms with E-state index in [1.54, 1.807) is 38.5 Å². The Bertz CT molecular complexity index is 1010. The Morgan fingerprint density at radius 2 is 1.97 bits per heavy atom. The maximum absolute atomic E-state index is 9.29. The molecular formula is C21H20ClN3O4. The molecule has 2 aromatic carbocycles. The number of hydrogen-bond acceptors (Lipinski definition) is 7. The molecule has 0 aliphatic rings. The van der Waals surface area contributed by atoms with Gasteiger partial charge >= 0.3 is 0 Å². The van der Waals surface area contributed by atoms with Gasteiger partial charge in [0, 0.05) is 11.6 Å². The molecule has 0 saturated carbocycles. The van der Waals surface area contributed by atoms with Crippen LogP contribution in [0.2, 0.25) is 5.02 Å². The Morgan fingerprint density at radius 1 is 1.14 bits per heavy atom. The predicted molar refractivity (Wildman–Crippen MR) is 109 cm³/mol. The van der Waals surface area contributed by atoms with Crippen LogP contribution in [-0.2, 0) is 13.0 Å². The van der Waals surface area contributed by atoms with Crippen molar-refractivity contribution in [1.82, 2.24) is 4.98 Å². The SMILES string of the molecule is COc1ccc(CCNc2oc(COc3cccc(Cl)c3)nc2C#N)cc1OC. The second-order valence-corrected chi connectivity index (χ2v) is 6.45. The number of ether oxygens (including phenoxy) is 3. The number of methoxy groups -OCH3 is 2. The highest BCUT2D eigenvalue weighted by Gasteiger charge is 2.13. The number of nitrogens with zero attached hydrogens (tertiary/aromatic N) is 2. The molecule has 3 rings (SSSR count). The van der Waals surface area contributed by atoms with Gasteiger partial charge in [0.15, 0.2) is 18.1 Å². The summed E-state index contributed by atoms with van der Waals surface area (Å²) in [5, 5.41) is 13.0. The van der Waals surface area contributed by atoms with Crippen molar-refractivity contribution in [3.63, 3.8) is 0 Å². The second-order valence-electron chi connectivity index (χ2n) is 6.01. The fourth-order valence-corrected chi connectivity index (χ4v) is 2.86. The highest BCUT2D eigenvalue weighted by molar-refractivity contribution is 6.30. The third kappa shape index (κ3) is 5.33. The number of halogens is 1. The second kappa shape index (κ2) is 9.71. The lowest BCUT2D eigenvalue weighted by molar-refractivity contribution is 0.265. The number of rotatable bonds is 9. The van der Waals surface area contributed by atoms with Gasteiger partial charge in [0.1, 0.15) is 11.8 Å². The van der Waals surface area contributed by atoms with E-state index in [2.05, 4.69) is 10.3 Å². The molecule has 0 saturated heterocycles. The van der Waals surface area contributed by atoms with Crippen LogP contribution >= 0.6 is 11.6 Å². The van der Waals surface area contributed by atoms with Crippen LogP contribution in [0.3, 0.4) is 0 Å². The molecule has 3 aromatic rings. The summed E-state index contributed by atoms with van der Waals surface area (Å²) in [4.78, 5) is 4.16. The molecule has 29 heavy (non-hydrogen) atoms. The van der Waals surface area contributed by atoms with Crippen LogP contribution in [0, 0.1) is 11.3 Å². The van der Waals surface area contributed by atoms with E-state index in [1.165, 1.54) is 0 Å². The van der Waals surface area contributed by atoms with E-state index in [0.717, 1.165) is 5.56 Å². The lowest BCUT2D eigenvalue weighted by Crippen LogP contribution is -2.05. The molecule has 1 N–H and O–H groups in total. The van der Waals surface area contributed by atoms with Crippen molar-refractivity contribution in [3.8, 4) is 23.3 Å². The molecule has 0 spiro atoms. The summed E-state index contributed by atoms with van der Waals surface area (Å²) in [5.74, 6) is 2.56. The van der Waals surface area contributed by atoms with Crippen molar-refractivity contribution in [2.45, 2.75) is 13.0 Å². The monoisotopic (exact) mass is 413 g/mol. The van der Waals surface area contributed by atoms with Crippen molar-refractivity contribution in [2.75, 3.05) is 26.1 Å². The summed E-state index contributed by atoms with van der Waals surface area (Å²) in [6.07, 6.45) is 0.695. The molecule has 0 aliphatic carbocycles. The minimum Gasteiger partial charge on any atom is -0.493 e. The quantitative estimate of drug-likeness (QED) is 0.554. The highest BCUT2D eigenvalue weighted by atomic mass is 35.5. The zero-order chi connectivity index (χ0) is 20.6. The summed E-state index contributed by atoms with van der Waals surface area (Å²) in [6.45, 7) is 0.639. The topological polar surface area (TPSA) is 89.5 Å². The zero-order valence-electron chi connectivity index (χ0n) is 16.1. The first-order valence-electron chi connectivity index (χ1n) is 8.86. The van der Waals surface area contributed by atoms with E-state index >= 15 is 0 Å². The average molecular weight is 414 g/mol. The van der Waals surface area contributed by atoms with Gasteiger partial charge in [-0.15, -0.1) is 0 Å². The van der Waals surface area contributed by atoms with E-state index < -0.39 is 0 Å². The van der Waals surface area contributed by atoms with E-state index in [-0.39, 0.29) is 12.3 Å². The van der Waals surface area contributed by atoms with Gasteiger partial charge in [0.25, 0.3) is 0 Å². The Hall–Kier alpha value is -3.37. The van der Waals surface area contributed by atoms with Crippen LogP contribution in [0.4, 0.5) is 5.88 Å². The van der Waals surface area contributed by atoms with Gasteiger partial charge in [0.05, 0.1) is 14.2 Å². The molecule has 1 heterocycles. The fraction of sp³-hybridized carbons (Fsp3) is 0.238. The Labute approximate surface area is 173 Å². The fourth-order valence-electron chi connectivity index (χ4n) is 2.68. The number of nitrogens with one attached hydrogen (secondary N) is 1. The Morgan fingerprint density at radius 3 is 2.69 bits per heavy atom. The first-order valence-corrected chi connectivity index (χ1v) is 9.23. The molecule has 0 aliphatic heterocycles. The number of nitriles is 1. The van der Waals surface area contributed by atoms with Gasteiger partial charge in [-0.2, -0.15) is 10.2 Å². The maximum atomic E-state index is 9.29. The van der Waals surface area contributed by atoms with Gasteiger partial charge in [-0.25, -0.2) is 0 Å². The van der Waals surface area contributed by atoms with E-state index in [1.807, 2.05) is 24.3 Å². The molecule has 7 nitrogen and oxygen atoms in total. The normalized spacial score (nSPS) is 10.3. The molecule has 1 aromatic heterocycles. The lowest BCUT2D eigenvalue weighted by Gasteiger charge is -2.09. The standard InChI is InChI=1S/C21H20ClN3O4/c1-26-18-7-6-14(10-19(18)27-2)8-9-24-21-17(12-23)25-20(29-21)13-28-16-5-3-4-15(22)11-16/h3-7,10-11,24H,8-9,13H2,1-2H3. The van der Waals surface area contributed by atoms with Crippen molar-refractivity contribution < 1.29 is 18.6 Å². The summed E-state index contributed by atoms with van der Waals surface area (Å²) < 4.78 is 21.8. The van der Waals surface area contributed by atoms with Crippen molar-refractivity contribution in [3.05, 3.63) is 64.6 Å². The smallest absolute Gasteiger partial charge is 0.236 e. The Balaban J connectivity index is 1.59. The third-order valence-corrected chi connectivity index (χ3v) is 4.32. The third-order valence-electron chi connectivity index (χ3n) is 4.08. The van der Waals surface area contributed by atoms with Gasteiger partial charge < -0.3 is 23.9 Å². The molecule has 0 bridgehead atoms. The first-order chi connectivity index (χ1) is 14.1. The van der Waals surface area contributed by atoms with Crippen LogP contribution in [0.25, 0.3) is 0 Å². The maximum Gasteiger partial charge on any atom is 0.236 e. The molecule has 0 amide bonds. The summed E-state index contributed by atoms with van der Waals surface area (Å²) >= 11 is 5.94.